The van der Waals surface area contributed by atoms with Crippen molar-refractivity contribution in [1.82, 2.24) is 0 Å². The van der Waals surface area contributed by atoms with Gasteiger partial charge in [-0.05, 0) is 24.1 Å². The minimum Gasteiger partial charge on any atom is -0.326 e. The van der Waals surface area contributed by atoms with Crippen molar-refractivity contribution in [3.63, 3.8) is 0 Å². The van der Waals surface area contributed by atoms with Gasteiger partial charge in [0.1, 0.15) is 6.54 Å². The second kappa shape index (κ2) is 8.45. The van der Waals surface area contributed by atoms with Crippen LogP contribution in [0.2, 0.25) is 0 Å². The molecule has 3 rings (SSSR count). The maximum atomic E-state index is 12.5. The van der Waals surface area contributed by atoms with Gasteiger partial charge in [0, 0.05) is 16.8 Å². The number of nitrogens with one attached hydrogen (secondary N) is 2. The zero-order valence-corrected chi connectivity index (χ0v) is 15.3. The lowest BCUT2D eigenvalue weighted by molar-refractivity contribution is -0.885. The molecule has 0 aromatic heterocycles. The van der Waals surface area contributed by atoms with Crippen molar-refractivity contribution in [1.29, 1.82) is 0 Å². The summed E-state index contributed by atoms with van der Waals surface area (Å²) in [6, 6.07) is 26.4. The van der Waals surface area contributed by atoms with Gasteiger partial charge in [-0.3, -0.25) is 4.79 Å². The van der Waals surface area contributed by atoms with Crippen LogP contribution in [-0.4, -0.2) is 19.5 Å². The number of aryl methyl sites for hydroxylation is 1. The molecule has 3 aromatic rings. The third-order valence-electron chi connectivity index (χ3n) is 4.50. The Morgan fingerprint density at radius 1 is 0.885 bits per heavy atom. The van der Waals surface area contributed by atoms with E-state index in [9.17, 15) is 4.79 Å². The predicted molar refractivity (Wildman–Crippen MR) is 107 cm³/mol. The summed E-state index contributed by atoms with van der Waals surface area (Å²) >= 11 is 0. The first-order valence-corrected chi connectivity index (χ1v) is 8.93. The van der Waals surface area contributed by atoms with Gasteiger partial charge >= 0.3 is 0 Å². The third kappa shape index (κ3) is 4.58. The van der Waals surface area contributed by atoms with Crippen LogP contribution in [0.25, 0.3) is 11.1 Å². The SMILES string of the molecule is Cc1ccccc1C[NH+](C)CC(=O)Nc1ccccc1-c1ccccc1. The molecule has 0 fully saturated rings. The molecule has 0 saturated heterocycles. The summed E-state index contributed by atoms with van der Waals surface area (Å²) < 4.78 is 0. The summed E-state index contributed by atoms with van der Waals surface area (Å²) in [6.45, 7) is 3.37. The van der Waals surface area contributed by atoms with Crippen molar-refractivity contribution in [2.75, 3.05) is 18.9 Å². The Labute approximate surface area is 155 Å². The Hall–Kier alpha value is -2.91. The van der Waals surface area contributed by atoms with Gasteiger partial charge in [-0.1, -0.05) is 72.8 Å². The third-order valence-corrected chi connectivity index (χ3v) is 4.50. The molecule has 2 N–H and O–H groups in total. The predicted octanol–water partition coefficient (Wildman–Crippen LogP) is 3.32. The average molecular weight is 345 g/mol. The number of anilines is 1. The molecule has 0 aliphatic carbocycles. The molecular formula is C23H25N2O+. The van der Waals surface area contributed by atoms with E-state index >= 15 is 0 Å². The molecular weight excluding hydrogens is 320 g/mol. The van der Waals surface area contributed by atoms with E-state index in [0.717, 1.165) is 28.3 Å². The van der Waals surface area contributed by atoms with Crippen molar-refractivity contribution < 1.29 is 9.69 Å². The van der Waals surface area contributed by atoms with Gasteiger partial charge in [-0.15, -0.1) is 0 Å². The van der Waals surface area contributed by atoms with E-state index in [1.807, 2.05) is 54.6 Å². The van der Waals surface area contributed by atoms with Crippen LogP contribution >= 0.6 is 0 Å². The molecule has 1 atom stereocenters. The highest BCUT2D eigenvalue weighted by Crippen LogP contribution is 2.27. The maximum Gasteiger partial charge on any atom is 0.279 e. The molecule has 0 bridgehead atoms. The van der Waals surface area contributed by atoms with Gasteiger partial charge in [0.05, 0.1) is 7.05 Å². The van der Waals surface area contributed by atoms with E-state index in [-0.39, 0.29) is 5.91 Å². The molecule has 1 unspecified atom stereocenters. The van der Waals surface area contributed by atoms with Crippen LogP contribution < -0.4 is 10.2 Å². The number of likely N-dealkylation sites (N-methyl/N-ethyl adjacent to an activating group) is 1. The first-order chi connectivity index (χ1) is 12.6. The zero-order valence-electron chi connectivity index (χ0n) is 15.3. The quantitative estimate of drug-likeness (QED) is 0.706. The normalized spacial score (nSPS) is 11.8. The molecule has 132 valence electrons. The fourth-order valence-corrected chi connectivity index (χ4v) is 3.13. The topological polar surface area (TPSA) is 33.5 Å². The highest BCUT2D eigenvalue weighted by molar-refractivity contribution is 5.96. The minimum atomic E-state index is 0.0273. The van der Waals surface area contributed by atoms with E-state index in [1.165, 1.54) is 11.1 Å². The lowest BCUT2D eigenvalue weighted by Crippen LogP contribution is -3.08. The molecule has 26 heavy (non-hydrogen) atoms. The van der Waals surface area contributed by atoms with Crippen molar-refractivity contribution in [2.24, 2.45) is 0 Å². The molecule has 0 heterocycles. The maximum absolute atomic E-state index is 12.5. The fourth-order valence-electron chi connectivity index (χ4n) is 3.13. The second-order valence-corrected chi connectivity index (χ2v) is 6.70. The second-order valence-electron chi connectivity index (χ2n) is 6.70. The van der Waals surface area contributed by atoms with E-state index < -0.39 is 0 Å². The summed E-state index contributed by atoms with van der Waals surface area (Å²) in [5.74, 6) is 0.0273. The van der Waals surface area contributed by atoms with Crippen molar-refractivity contribution in [2.45, 2.75) is 13.5 Å². The van der Waals surface area contributed by atoms with Gasteiger partial charge in [0.2, 0.25) is 0 Å². The van der Waals surface area contributed by atoms with E-state index in [1.54, 1.807) is 0 Å². The van der Waals surface area contributed by atoms with Gasteiger partial charge in [0.15, 0.2) is 6.54 Å². The molecule has 3 aromatic carbocycles. The number of carbonyl (C=O) groups excluding carboxylic acids is 1. The molecule has 3 nitrogen and oxygen atoms in total. The Kier molecular flexibility index (Phi) is 5.82. The van der Waals surface area contributed by atoms with Crippen LogP contribution in [0, 0.1) is 6.92 Å². The number of benzene rings is 3. The van der Waals surface area contributed by atoms with Gasteiger partial charge < -0.3 is 10.2 Å². The summed E-state index contributed by atoms with van der Waals surface area (Å²) in [6.07, 6.45) is 0. The summed E-state index contributed by atoms with van der Waals surface area (Å²) in [7, 11) is 2.05. The molecule has 0 aliphatic rings. The van der Waals surface area contributed by atoms with Crippen LogP contribution in [0.3, 0.4) is 0 Å². The van der Waals surface area contributed by atoms with Crippen molar-refractivity contribution in [3.05, 3.63) is 90.0 Å². The summed E-state index contributed by atoms with van der Waals surface area (Å²) in [4.78, 5) is 13.7. The Bertz CT molecular complexity index is 874. The van der Waals surface area contributed by atoms with Gasteiger partial charge in [-0.25, -0.2) is 0 Å². The lowest BCUT2D eigenvalue weighted by Gasteiger charge is -2.16. The molecule has 0 aliphatic heterocycles. The highest BCUT2D eigenvalue weighted by Gasteiger charge is 2.13. The smallest absolute Gasteiger partial charge is 0.279 e. The van der Waals surface area contributed by atoms with Crippen LogP contribution in [-0.2, 0) is 11.3 Å². The summed E-state index contributed by atoms with van der Waals surface area (Å²) in [5, 5.41) is 3.08. The standard InChI is InChI=1S/C23H24N2O/c1-18-10-6-7-13-20(18)16-25(2)17-23(26)24-22-15-9-8-14-21(22)19-11-4-3-5-12-19/h3-15H,16-17H2,1-2H3,(H,24,26)/p+1. The van der Waals surface area contributed by atoms with E-state index in [4.69, 9.17) is 0 Å². The van der Waals surface area contributed by atoms with Crippen LogP contribution in [0.1, 0.15) is 11.1 Å². The van der Waals surface area contributed by atoms with Crippen molar-refractivity contribution in [3.8, 4) is 11.1 Å². The fraction of sp³-hybridized carbons (Fsp3) is 0.174. The number of amides is 1. The zero-order chi connectivity index (χ0) is 18.4. The average Bonchev–Trinajstić information content (AvgIpc) is 2.64. The molecule has 0 spiro atoms. The number of hydrogen-bond donors (Lipinski definition) is 2. The van der Waals surface area contributed by atoms with Crippen molar-refractivity contribution >= 4 is 11.6 Å². The molecule has 3 heteroatoms. The van der Waals surface area contributed by atoms with Gasteiger partial charge in [-0.2, -0.15) is 0 Å². The van der Waals surface area contributed by atoms with Crippen LogP contribution in [0.15, 0.2) is 78.9 Å². The Morgan fingerprint density at radius 2 is 1.54 bits per heavy atom. The number of hydrogen-bond acceptors (Lipinski definition) is 1. The highest BCUT2D eigenvalue weighted by atomic mass is 16.2. The number of rotatable bonds is 6. The Balaban J connectivity index is 1.66. The first kappa shape index (κ1) is 17.9. The first-order valence-electron chi connectivity index (χ1n) is 8.93. The van der Waals surface area contributed by atoms with E-state index in [0.29, 0.717) is 6.54 Å². The van der Waals surface area contributed by atoms with E-state index in [2.05, 4.69) is 43.6 Å². The minimum absolute atomic E-state index is 0.0273. The number of carbonyl (C=O) groups is 1. The Morgan fingerprint density at radius 3 is 2.31 bits per heavy atom. The molecule has 1 amide bonds. The molecule has 0 saturated carbocycles. The number of para-hydroxylation sites is 1. The lowest BCUT2D eigenvalue weighted by atomic mass is 10.0. The van der Waals surface area contributed by atoms with Crippen LogP contribution in [0.5, 0.6) is 0 Å². The molecule has 0 radical (unpaired) electrons. The number of quaternary nitrogens is 1. The largest absolute Gasteiger partial charge is 0.326 e. The van der Waals surface area contributed by atoms with Gasteiger partial charge in [0.25, 0.3) is 5.91 Å². The van der Waals surface area contributed by atoms with Crippen LogP contribution in [0.4, 0.5) is 5.69 Å². The monoisotopic (exact) mass is 345 g/mol. The summed E-state index contributed by atoms with van der Waals surface area (Å²) in [5.41, 5.74) is 5.54.